The van der Waals surface area contributed by atoms with Crippen molar-refractivity contribution in [1.82, 2.24) is 0 Å². The van der Waals surface area contributed by atoms with E-state index in [9.17, 15) is 9.18 Å². The molecule has 0 saturated heterocycles. The second-order valence-corrected chi connectivity index (χ2v) is 7.16. The zero-order chi connectivity index (χ0) is 13.7. The summed E-state index contributed by atoms with van der Waals surface area (Å²) in [5, 5.41) is 2.96. The molecule has 0 unspecified atom stereocenters. The summed E-state index contributed by atoms with van der Waals surface area (Å²) >= 11 is 0. The summed E-state index contributed by atoms with van der Waals surface area (Å²) in [4.78, 5) is 12.7. The van der Waals surface area contributed by atoms with Gasteiger partial charge in [-0.05, 0) is 74.5 Å². The molecule has 106 valence electrons. The molecule has 0 heterocycles. The Morgan fingerprint density at radius 3 is 2.25 bits per heavy atom. The van der Waals surface area contributed by atoms with Crippen LogP contribution < -0.4 is 5.32 Å². The summed E-state index contributed by atoms with van der Waals surface area (Å²) in [5.74, 6) is 2.08. The number of benzene rings is 1. The number of halogens is 1. The SMILES string of the molecule is O=C(Nc1cccc(F)c1)C12CC3CC(CC(C3)C1)C2. The Balaban J connectivity index is 1.56. The van der Waals surface area contributed by atoms with Crippen LogP contribution in [0.4, 0.5) is 10.1 Å². The van der Waals surface area contributed by atoms with Gasteiger partial charge in [0.2, 0.25) is 5.91 Å². The van der Waals surface area contributed by atoms with Crippen molar-refractivity contribution in [2.75, 3.05) is 5.32 Å². The van der Waals surface area contributed by atoms with Crippen molar-refractivity contribution in [3.63, 3.8) is 0 Å². The van der Waals surface area contributed by atoms with Crippen molar-refractivity contribution in [1.29, 1.82) is 0 Å². The van der Waals surface area contributed by atoms with Crippen LogP contribution >= 0.6 is 0 Å². The molecule has 4 aliphatic carbocycles. The van der Waals surface area contributed by atoms with E-state index in [0.29, 0.717) is 5.69 Å². The monoisotopic (exact) mass is 273 g/mol. The molecule has 0 aromatic heterocycles. The lowest BCUT2D eigenvalue weighted by Crippen LogP contribution is -2.51. The van der Waals surface area contributed by atoms with E-state index in [1.807, 2.05) is 0 Å². The quantitative estimate of drug-likeness (QED) is 0.867. The maximum atomic E-state index is 13.2. The molecule has 0 radical (unpaired) electrons. The summed E-state index contributed by atoms with van der Waals surface area (Å²) < 4.78 is 13.2. The van der Waals surface area contributed by atoms with Crippen molar-refractivity contribution < 1.29 is 9.18 Å². The van der Waals surface area contributed by atoms with Crippen molar-refractivity contribution >= 4 is 11.6 Å². The molecule has 1 aromatic rings. The third kappa shape index (κ3) is 1.95. The maximum absolute atomic E-state index is 13.2. The van der Waals surface area contributed by atoms with E-state index in [4.69, 9.17) is 0 Å². The summed E-state index contributed by atoms with van der Waals surface area (Å²) in [6, 6.07) is 6.21. The van der Waals surface area contributed by atoms with Gasteiger partial charge < -0.3 is 5.32 Å². The first kappa shape index (κ1) is 12.4. The molecular weight excluding hydrogens is 253 g/mol. The molecule has 0 spiro atoms. The Morgan fingerprint density at radius 1 is 1.10 bits per heavy atom. The second kappa shape index (κ2) is 4.31. The minimum absolute atomic E-state index is 0.127. The van der Waals surface area contributed by atoms with Gasteiger partial charge in [-0.2, -0.15) is 0 Å². The van der Waals surface area contributed by atoms with Crippen LogP contribution in [0.1, 0.15) is 38.5 Å². The van der Waals surface area contributed by atoms with Gasteiger partial charge in [0.1, 0.15) is 5.82 Å². The standard InChI is InChI=1S/C17H20FNO/c18-14-2-1-3-15(7-14)19-16(20)17-8-11-4-12(9-17)6-13(5-11)10-17/h1-3,7,11-13H,4-6,8-10H2,(H,19,20). The number of hydrogen-bond donors (Lipinski definition) is 1. The Bertz CT molecular complexity index is 518. The molecule has 4 bridgehead atoms. The highest BCUT2D eigenvalue weighted by Crippen LogP contribution is 2.60. The van der Waals surface area contributed by atoms with Crippen LogP contribution in [0.3, 0.4) is 0 Å². The molecular formula is C17H20FNO. The Kier molecular flexibility index (Phi) is 2.66. The van der Waals surface area contributed by atoms with E-state index >= 15 is 0 Å². The Morgan fingerprint density at radius 2 is 1.70 bits per heavy atom. The molecule has 2 nitrogen and oxygen atoms in total. The molecule has 1 amide bonds. The van der Waals surface area contributed by atoms with E-state index in [1.54, 1.807) is 12.1 Å². The topological polar surface area (TPSA) is 29.1 Å². The molecule has 20 heavy (non-hydrogen) atoms. The van der Waals surface area contributed by atoms with Gasteiger partial charge in [0.05, 0.1) is 5.41 Å². The molecule has 4 saturated carbocycles. The van der Waals surface area contributed by atoms with Gasteiger partial charge in [0.25, 0.3) is 0 Å². The lowest BCUT2D eigenvalue weighted by atomic mass is 9.49. The molecule has 0 atom stereocenters. The third-order valence-electron chi connectivity index (χ3n) is 5.60. The van der Waals surface area contributed by atoms with Gasteiger partial charge in [-0.15, -0.1) is 0 Å². The molecule has 5 rings (SSSR count). The summed E-state index contributed by atoms with van der Waals surface area (Å²) in [6.45, 7) is 0. The highest BCUT2D eigenvalue weighted by atomic mass is 19.1. The highest BCUT2D eigenvalue weighted by molar-refractivity contribution is 5.95. The fourth-order valence-corrected chi connectivity index (χ4v) is 5.22. The van der Waals surface area contributed by atoms with E-state index in [-0.39, 0.29) is 17.1 Å². The first-order chi connectivity index (χ1) is 9.63. The first-order valence-corrected chi connectivity index (χ1v) is 7.70. The van der Waals surface area contributed by atoms with E-state index in [2.05, 4.69) is 5.32 Å². The van der Waals surface area contributed by atoms with Gasteiger partial charge in [-0.25, -0.2) is 4.39 Å². The van der Waals surface area contributed by atoms with Crippen LogP contribution in [-0.4, -0.2) is 5.91 Å². The molecule has 0 aliphatic heterocycles. The number of carbonyl (C=O) groups excluding carboxylic acids is 1. The van der Waals surface area contributed by atoms with Gasteiger partial charge >= 0.3 is 0 Å². The molecule has 1 N–H and O–H groups in total. The van der Waals surface area contributed by atoms with Gasteiger partial charge in [-0.1, -0.05) is 6.07 Å². The fourth-order valence-electron chi connectivity index (χ4n) is 5.22. The normalized spacial score (nSPS) is 38.0. The second-order valence-electron chi connectivity index (χ2n) is 7.16. The first-order valence-electron chi connectivity index (χ1n) is 7.70. The lowest BCUT2D eigenvalue weighted by Gasteiger charge is -2.55. The average Bonchev–Trinajstić information content (AvgIpc) is 2.37. The minimum atomic E-state index is -0.298. The van der Waals surface area contributed by atoms with E-state index < -0.39 is 0 Å². The van der Waals surface area contributed by atoms with Gasteiger partial charge in [0.15, 0.2) is 0 Å². The number of rotatable bonds is 2. The van der Waals surface area contributed by atoms with Gasteiger partial charge in [-0.3, -0.25) is 4.79 Å². The van der Waals surface area contributed by atoms with Gasteiger partial charge in [0, 0.05) is 5.69 Å². The smallest absolute Gasteiger partial charge is 0.230 e. The summed E-state index contributed by atoms with van der Waals surface area (Å²) in [7, 11) is 0. The fraction of sp³-hybridized carbons (Fsp3) is 0.588. The van der Waals surface area contributed by atoms with Crippen molar-refractivity contribution in [3.8, 4) is 0 Å². The molecule has 4 fully saturated rings. The molecule has 3 heteroatoms. The largest absolute Gasteiger partial charge is 0.326 e. The van der Waals surface area contributed by atoms with Crippen molar-refractivity contribution in [2.24, 2.45) is 23.2 Å². The third-order valence-corrected chi connectivity index (χ3v) is 5.60. The molecule has 1 aromatic carbocycles. The number of amides is 1. The van der Waals surface area contributed by atoms with Crippen LogP contribution in [0.2, 0.25) is 0 Å². The predicted octanol–water partition coefficient (Wildman–Crippen LogP) is 3.98. The van der Waals surface area contributed by atoms with E-state index in [1.165, 1.54) is 31.4 Å². The van der Waals surface area contributed by atoms with Crippen molar-refractivity contribution in [2.45, 2.75) is 38.5 Å². The zero-order valence-corrected chi connectivity index (χ0v) is 11.6. The van der Waals surface area contributed by atoms with E-state index in [0.717, 1.165) is 37.0 Å². The average molecular weight is 273 g/mol. The predicted molar refractivity (Wildman–Crippen MR) is 75.6 cm³/mol. The van der Waals surface area contributed by atoms with Crippen molar-refractivity contribution in [3.05, 3.63) is 30.1 Å². The van der Waals surface area contributed by atoms with Crippen LogP contribution in [0, 0.1) is 29.0 Å². The lowest BCUT2D eigenvalue weighted by molar-refractivity contribution is -0.140. The molecule has 4 aliphatic rings. The number of carbonyl (C=O) groups is 1. The van der Waals surface area contributed by atoms with Crippen LogP contribution in [0.25, 0.3) is 0 Å². The van der Waals surface area contributed by atoms with Crippen LogP contribution in [0.15, 0.2) is 24.3 Å². The number of hydrogen-bond acceptors (Lipinski definition) is 1. The summed E-state index contributed by atoms with van der Waals surface area (Å²) in [6.07, 6.45) is 7.10. The maximum Gasteiger partial charge on any atom is 0.230 e. The zero-order valence-electron chi connectivity index (χ0n) is 11.6. The number of anilines is 1. The number of nitrogens with one attached hydrogen (secondary N) is 1. The minimum Gasteiger partial charge on any atom is -0.326 e. The Hall–Kier alpha value is -1.38. The Labute approximate surface area is 118 Å². The summed E-state index contributed by atoms with van der Waals surface area (Å²) in [5.41, 5.74) is 0.423. The van der Waals surface area contributed by atoms with Crippen LogP contribution in [-0.2, 0) is 4.79 Å². The highest BCUT2D eigenvalue weighted by Gasteiger charge is 2.54. The van der Waals surface area contributed by atoms with Crippen LogP contribution in [0.5, 0.6) is 0 Å².